The molecule has 0 radical (unpaired) electrons. The highest BCUT2D eigenvalue weighted by atomic mass is 16.4. The number of nitrogens with one attached hydrogen (secondary N) is 3. The second-order valence-electron chi connectivity index (χ2n) is 24.8. The lowest BCUT2D eigenvalue weighted by atomic mass is 9.79. The molecular formula is C98H146N6O12. The Kier molecular flexibility index (Phi) is 57.6. The van der Waals surface area contributed by atoms with Gasteiger partial charge in [0.1, 0.15) is 0 Å². The normalized spacial score (nSPS) is 12.4. The number of nitrogens with two attached hydrogens (primary N) is 1. The highest BCUT2D eigenvalue weighted by Gasteiger charge is 2.44. The van der Waals surface area contributed by atoms with Gasteiger partial charge in [0, 0.05) is 80.5 Å². The van der Waals surface area contributed by atoms with Gasteiger partial charge in [0.15, 0.2) is 5.78 Å². The molecule has 0 aliphatic heterocycles. The lowest BCUT2D eigenvalue weighted by Crippen LogP contribution is -2.19. The van der Waals surface area contributed by atoms with E-state index in [1.165, 1.54) is 27.4 Å². The van der Waals surface area contributed by atoms with Gasteiger partial charge in [0.25, 0.3) is 6.47 Å². The number of H-pyrrole nitrogens is 1. The molecule has 10 aromatic rings. The van der Waals surface area contributed by atoms with Crippen LogP contribution in [-0.4, -0.2) is 82.4 Å². The minimum Gasteiger partial charge on any atom is -0.483 e. The molecule has 0 saturated heterocycles. The van der Waals surface area contributed by atoms with Gasteiger partial charge in [0.05, 0.1) is 45.0 Å². The largest absolute Gasteiger partial charge is 0.483 e. The molecule has 640 valence electrons. The van der Waals surface area contributed by atoms with Gasteiger partial charge in [-0.1, -0.05) is 343 Å². The second kappa shape index (κ2) is 58.8. The SMILES string of the molecule is CC.CC.CC.CC.CC.CC.CC.CC.CC.CC.CC.CC.CC1(C)C/C(=N\Nc2ccccc2)c2cccc(C(=O)O)c21.CC1(C)CC(=O)c2cccc(C(=O)O)c21.CC1(C)c2c(C(=O)O)cccc2-c2[nH]c3ccccc3c21.Cn1c2c(c3ccccc31)C(C)(C)c1c(C(=O)O)cccc1-2.NNc1ccccc1.O.O=CO. The fourth-order valence-electron chi connectivity index (χ4n) is 13.7. The molecule has 0 fully saturated rings. The molecule has 4 aliphatic rings. The predicted molar refractivity (Wildman–Crippen MR) is 496 cm³/mol. The van der Waals surface area contributed by atoms with Crippen LogP contribution in [0.5, 0.6) is 0 Å². The topological polar surface area (TPSA) is 318 Å². The average Bonchev–Trinajstić information content (AvgIpc) is 1.54. The molecule has 18 nitrogen and oxygen atoms in total. The molecule has 116 heavy (non-hydrogen) atoms. The van der Waals surface area contributed by atoms with Crippen LogP contribution in [0.4, 0.5) is 11.4 Å². The number of aryl methyl sites for hydroxylation is 1. The van der Waals surface area contributed by atoms with Crippen LogP contribution in [0.3, 0.4) is 0 Å². The number of aromatic amines is 1. The molecule has 18 heteroatoms. The number of ketones is 1. The summed E-state index contributed by atoms with van der Waals surface area (Å²) >= 11 is 0. The first kappa shape index (κ1) is 114. The van der Waals surface area contributed by atoms with Crippen molar-refractivity contribution in [2.24, 2.45) is 18.0 Å². The molecule has 2 heterocycles. The molecule has 0 amide bonds. The van der Waals surface area contributed by atoms with Crippen LogP contribution < -0.4 is 16.7 Å². The minimum atomic E-state index is -0.963. The Morgan fingerprint density at radius 2 is 0.733 bits per heavy atom. The number of hydrazine groups is 1. The third-order valence-corrected chi connectivity index (χ3v) is 17.2. The standard InChI is InChI=1S/C19H17NO2.C18H18N2O2.C18H15NO2.C12H12O3.C6H8N2.12C2H6.CH2O2.H2O/c1-19(2)15-12(8-6-9-13(15)18(21)22)17-16(19)11-7-4-5-10-14(11)20(17)3;1-18(2)11-15(20-19-12-7-4-3-5-8-12)13-9-6-10-14(16(13)18)17(21)22;1-18(2)14-11(7-5-8-12(14)17(20)21)16-15(18)10-6-3-4-9-13(10)19-16;1-12(2)6-9(13)7-4-3-5-8(10(7)12)11(14)15;7-8-6-4-2-1-3-5-6;12*1-2;2-1-3;/h4-10H,1-3H3,(H,21,22);3-10,19H,11H2,1-2H3,(H,21,22);3-9,19H,1-2H3,(H,20,21);3-5H,6H2,1-2H3,(H,14,15);1-5,8H,7H2;12*1-2H3;1H,(H,2,3);1H2/b;20-15+;;;;;;;;;;;;;;;;;. The van der Waals surface area contributed by atoms with Gasteiger partial charge in [-0.15, -0.1) is 0 Å². The quantitative estimate of drug-likeness (QED) is 0.0407. The van der Waals surface area contributed by atoms with Crippen molar-refractivity contribution in [3.8, 4) is 22.5 Å². The van der Waals surface area contributed by atoms with Gasteiger partial charge in [-0.2, -0.15) is 5.10 Å². The molecule has 14 rings (SSSR count). The van der Waals surface area contributed by atoms with E-state index in [-0.39, 0.29) is 45.0 Å². The maximum atomic E-state index is 11.7. The maximum absolute atomic E-state index is 11.7. The summed E-state index contributed by atoms with van der Waals surface area (Å²) in [7, 11) is 2.06. The van der Waals surface area contributed by atoms with Crippen molar-refractivity contribution < 1.29 is 59.8 Å². The number of Topliss-reactive ketones (excluding diaryl/α,β-unsaturated/α-hetero) is 1. The summed E-state index contributed by atoms with van der Waals surface area (Å²) in [5, 5.41) is 51.3. The number of rotatable bonds is 7. The first-order valence-electron chi connectivity index (χ1n) is 41.4. The number of hydrazone groups is 1. The number of nitrogens with zero attached hydrogens (tertiary/aromatic N) is 2. The average molecular weight is 1600 g/mol. The van der Waals surface area contributed by atoms with Crippen LogP contribution in [-0.2, 0) is 33.5 Å². The van der Waals surface area contributed by atoms with Crippen LogP contribution in [0, 0.1) is 0 Å². The number of fused-ring (bicyclic) bond motifs is 12. The van der Waals surface area contributed by atoms with E-state index in [0.29, 0.717) is 40.7 Å². The number of carbonyl (C=O) groups is 6. The maximum Gasteiger partial charge on any atom is 0.336 e. The van der Waals surface area contributed by atoms with Crippen LogP contribution in [0.1, 0.15) is 325 Å². The monoisotopic (exact) mass is 1600 g/mol. The number of anilines is 2. The lowest BCUT2D eigenvalue weighted by Gasteiger charge is -2.23. The summed E-state index contributed by atoms with van der Waals surface area (Å²) in [5.74, 6) is 1.56. The molecule has 0 atom stereocenters. The molecule has 0 bridgehead atoms. The van der Waals surface area contributed by atoms with Crippen molar-refractivity contribution >= 4 is 75.0 Å². The van der Waals surface area contributed by atoms with E-state index >= 15 is 0 Å². The Bertz CT molecular complexity index is 4530. The number of hydrogen-bond acceptors (Lipinski definition) is 10. The molecule has 2 aromatic heterocycles. The van der Waals surface area contributed by atoms with E-state index < -0.39 is 23.9 Å². The second-order valence-corrected chi connectivity index (χ2v) is 24.8. The number of carboxylic acid groups (broad SMARTS) is 5. The fraction of sp³-hybridized carbons (Fsp3) is 0.398. The van der Waals surface area contributed by atoms with E-state index in [9.17, 15) is 39.3 Å². The number of para-hydroxylation sites is 4. The van der Waals surface area contributed by atoms with Crippen molar-refractivity contribution in [2.45, 2.75) is 256 Å². The summed E-state index contributed by atoms with van der Waals surface area (Å²) < 4.78 is 2.18. The molecule has 4 aliphatic carbocycles. The zero-order valence-electron chi connectivity index (χ0n) is 76.5. The Labute approximate surface area is 696 Å². The molecule has 0 spiro atoms. The summed E-state index contributed by atoms with van der Waals surface area (Å²) in [4.78, 5) is 69.2. The number of benzene rings is 8. The van der Waals surface area contributed by atoms with Gasteiger partial charge in [-0.05, 0) is 105 Å². The Balaban J connectivity index is -0.000000418. The zero-order valence-corrected chi connectivity index (χ0v) is 76.5. The molecule has 12 N–H and O–H groups in total. The van der Waals surface area contributed by atoms with E-state index in [2.05, 4.69) is 98.4 Å². The van der Waals surface area contributed by atoms with Crippen LogP contribution in [0.2, 0.25) is 0 Å². The number of hydrogen-bond donors (Lipinski definition) is 9. The highest BCUT2D eigenvalue weighted by molar-refractivity contribution is 6.10. The van der Waals surface area contributed by atoms with E-state index in [1.807, 2.05) is 295 Å². The Morgan fingerprint density at radius 3 is 1.15 bits per heavy atom. The summed E-state index contributed by atoms with van der Waals surface area (Å²) in [6, 6.07) is 57.2. The Hall–Kier alpha value is -11.0. The lowest BCUT2D eigenvalue weighted by molar-refractivity contribution is -0.122. The van der Waals surface area contributed by atoms with E-state index in [4.69, 9.17) is 20.9 Å². The molecule has 8 aromatic carbocycles. The number of carbonyl (C=O) groups excluding carboxylic acids is 1. The van der Waals surface area contributed by atoms with Crippen molar-refractivity contribution in [2.75, 3.05) is 10.9 Å². The number of nitrogen functional groups attached to an aromatic ring is 1. The summed E-state index contributed by atoms with van der Waals surface area (Å²) in [6.45, 7) is 64.1. The van der Waals surface area contributed by atoms with Crippen LogP contribution in [0.25, 0.3) is 44.3 Å². The number of aromatic nitrogens is 2. The Morgan fingerprint density at radius 1 is 0.405 bits per heavy atom. The van der Waals surface area contributed by atoms with Gasteiger partial charge < -0.3 is 46.0 Å². The third-order valence-electron chi connectivity index (χ3n) is 17.2. The summed E-state index contributed by atoms with van der Waals surface area (Å²) in [5.41, 5.74) is 22.4. The van der Waals surface area contributed by atoms with Crippen molar-refractivity contribution in [3.63, 3.8) is 0 Å². The first-order valence-corrected chi connectivity index (χ1v) is 41.4. The summed E-state index contributed by atoms with van der Waals surface area (Å²) in [6.07, 6.45) is 1.11. The van der Waals surface area contributed by atoms with Crippen molar-refractivity contribution in [1.82, 2.24) is 9.55 Å². The minimum absolute atomic E-state index is 0. The zero-order chi connectivity index (χ0) is 89.9. The van der Waals surface area contributed by atoms with Gasteiger partial charge in [-0.3, -0.25) is 20.9 Å². The first-order chi connectivity index (χ1) is 55.2. The smallest absolute Gasteiger partial charge is 0.336 e. The molecule has 0 unspecified atom stereocenters. The number of carboxylic acids is 4. The van der Waals surface area contributed by atoms with Crippen LogP contribution >= 0.6 is 0 Å². The van der Waals surface area contributed by atoms with Crippen molar-refractivity contribution in [3.05, 3.63) is 249 Å². The van der Waals surface area contributed by atoms with Gasteiger partial charge in [-0.25, -0.2) is 19.2 Å². The molecular weight excluding hydrogens is 1450 g/mol. The van der Waals surface area contributed by atoms with Gasteiger partial charge >= 0.3 is 23.9 Å². The molecule has 0 saturated carbocycles. The van der Waals surface area contributed by atoms with Crippen LogP contribution in [0.15, 0.2) is 187 Å². The highest BCUT2D eigenvalue weighted by Crippen LogP contribution is 2.55. The van der Waals surface area contributed by atoms with Crippen molar-refractivity contribution in [1.29, 1.82) is 0 Å². The third kappa shape index (κ3) is 27.9. The van der Waals surface area contributed by atoms with E-state index in [0.717, 1.165) is 67.4 Å². The predicted octanol–water partition coefficient (Wildman–Crippen LogP) is 26.6. The number of aromatic carboxylic acids is 4. The van der Waals surface area contributed by atoms with Gasteiger partial charge in [0.2, 0.25) is 0 Å². The fourth-order valence-corrected chi connectivity index (χ4v) is 13.7. The van der Waals surface area contributed by atoms with E-state index in [1.54, 1.807) is 42.5 Å².